The molecule has 1 aromatic heterocycles. The first kappa shape index (κ1) is 15.2. The maximum absolute atomic E-state index is 12.7. The van der Waals surface area contributed by atoms with Crippen molar-refractivity contribution in [1.82, 2.24) is 9.88 Å². The van der Waals surface area contributed by atoms with E-state index in [9.17, 15) is 14.9 Å². The van der Waals surface area contributed by atoms with Gasteiger partial charge in [0, 0.05) is 26.2 Å². The molecule has 0 bridgehead atoms. The zero-order valence-electron chi connectivity index (χ0n) is 12.3. The van der Waals surface area contributed by atoms with Gasteiger partial charge >= 0.3 is 0 Å². The van der Waals surface area contributed by atoms with Crippen molar-refractivity contribution in [3.05, 3.63) is 27.9 Å². The molecule has 1 saturated carbocycles. The van der Waals surface area contributed by atoms with E-state index in [4.69, 9.17) is 0 Å². The first-order chi connectivity index (χ1) is 10.1. The van der Waals surface area contributed by atoms with Crippen LogP contribution < -0.4 is 5.32 Å². The smallest absolute Gasteiger partial charge is 0.300 e. The van der Waals surface area contributed by atoms with Gasteiger partial charge in [0.2, 0.25) is 0 Å². The molecule has 0 spiro atoms. The van der Waals surface area contributed by atoms with Gasteiger partial charge in [-0.05, 0) is 25.2 Å². The molecule has 1 aromatic rings. The fourth-order valence-corrected chi connectivity index (χ4v) is 2.23. The summed E-state index contributed by atoms with van der Waals surface area (Å²) in [5, 5.41) is 13.9. The minimum atomic E-state index is -0.555. The zero-order valence-corrected chi connectivity index (χ0v) is 12.3. The van der Waals surface area contributed by atoms with Gasteiger partial charge < -0.3 is 10.2 Å². The molecule has 1 aliphatic rings. The Kier molecular flexibility index (Phi) is 4.72. The van der Waals surface area contributed by atoms with E-state index in [0.29, 0.717) is 24.8 Å². The molecule has 7 heteroatoms. The van der Waals surface area contributed by atoms with Crippen LogP contribution in [0.4, 0.5) is 11.5 Å². The average Bonchev–Trinajstić information content (AvgIpc) is 3.29. The molecule has 0 atom stereocenters. The first-order valence-corrected chi connectivity index (χ1v) is 7.18. The number of amides is 1. The van der Waals surface area contributed by atoms with Crippen LogP contribution >= 0.6 is 0 Å². The largest absolute Gasteiger partial charge is 0.373 e. The Labute approximate surface area is 123 Å². The Morgan fingerprint density at radius 3 is 2.81 bits per heavy atom. The summed E-state index contributed by atoms with van der Waals surface area (Å²) < 4.78 is 0. The van der Waals surface area contributed by atoms with Gasteiger partial charge in [0.15, 0.2) is 0 Å². The third kappa shape index (κ3) is 3.68. The topological polar surface area (TPSA) is 88.4 Å². The van der Waals surface area contributed by atoms with Crippen molar-refractivity contribution in [2.24, 2.45) is 5.92 Å². The number of pyridine rings is 1. The van der Waals surface area contributed by atoms with Gasteiger partial charge in [-0.1, -0.05) is 6.92 Å². The zero-order chi connectivity index (χ0) is 15.4. The molecule has 0 saturated heterocycles. The summed E-state index contributed by atoms with van der Waals surface area (Å²) in [6.45, 7) is 3.29. The number of aromatic nitrogens is 1. The summed E-state index contributed by atoms with van der Waals surface area (Å²) >= 11 is 0. The normalized spacial score (nSPS) is 13.8. The quantitative estimate of drug-likeness (QED) is 0.615. The summed E-state index contributed by atoms with van der Waals surface area (Å²) in [6.07, 6.45) is 4.23. The molecule has 1 N–H and O–H groups in total. The molecular weight excluding hydrogens is 272 g/mol. The van der Waals surface area contributed by atoms with Crippen LogP contribution in [0.2, 0.25) is 0 Å². The summed E-state index contributed by atoms with van der Waals surface area (Å²) in [5.74, 6) is 0.714. The maximum Gasteiger partial charge on any atom is 0.300 e. The number of rotatable bonds is 7. The minimum Gasteiger partial charge on any atom is -0.373 e. The van der Waals surface area contributed by atoms with Crippen LogP contribution in [0.15, 0.2) is 12.3 Å². The number of anilines is 1. The van der Waals surface area contributed by atoms with Crippen molar-refractivity contribution in [2.45, 2.75) is 26.2 Å². The minimum absolute atomic E-state index is 0.105. The molecule has 2 rings (SSSR count). The molecule has 7 nitrogen and oxygen atoms in total. The summed E-state index contributed by atoms with van der Waals surface area (Å²) in [5.41, 5.74) is -0.135. The molecule has 1 amide bonds. The van der Waals surface area contributed by atoms with Crippen molar-refractivity contribution < 1.29 is 9.72 Å². The molecule has 0 unspecified atom stereocenters. The summed E-state index contributed by atoms with van der Waals surface area (Å²) in [7, 11) is 1.66. The number of nitro groups is 1. The van der Waals surface area contributed by atoms with Gasteiger partial charge in [0.25, 0.3) is 11.6 Å². The second-order valence-electron chi connectivity index (χ2n) is 5.29. The molecule has 1 heterocycles. The molecule has 1 aliphatic carbocycles. The fourth-order valence-electron chi connectivity index (χ4n) is 2.23. The lowest BCUT2D eigenvalue weighted by atomic mass is 10.1. The van der Waals surface area contributed by atoms with E-state index < -0.39 is 4.92 Å². The molecule has 0 aliphatic heterocycles. The van der Waals surface area contributed by atoms with E-state index in [-0.39, 0.29) is 17.2 Å². The SMILES string of the molecule is CCCN(CC1CC1)C(=O)c1cc(NC)ncc1[N+](=O)[O-]. The van der Waals surface area contributed by atoms with Crippen LogP contribution in [0.5, 0.6) is 0 Å². The van der Waals surface area contributed by atoms with Crippen molar-refractivity contribution >= 4 is 17.4 Å². The first-order valence-electron chi connectivity index (χ1n) is 7.18. The second-order valence-corrected chi connectivity index (χ2v) is 5.29. The second kappa shape index (κ2) is 6.51. The number of nitrogens with zero attached hydrogens (tertiary/aromatic N) is 3. The van der Waals surface area contributed by atoms with Crippen molar-refractivity contribution in [1.29, 1.82) is 0 Å². The summed E-state index contributed by atoms with van der Waals surface area (Å²) in [4.78, 5) is 28.9. The number of hydrogen-bond donors (Lipinski definition) is 1. The van der Waals surface area contributed by atoms with E-state index in [1.165, 1.54) is 6.07 Å². The average molecular weight is 292 g/mol. The lowest BCUT2D eigenvalue weighted by molar-refractivity contribution is -0.385. The Bertz CT molecular complexity index is 543. The van der Waals surface area contributed by atoms with Crippen molar-refractivity contribution in [2.75, 3.05) is 25.5 Å². The van der Waals surface area contributed by atoms with Gasteiger partial charge in [0.05, 0.1) is 4.92 Å². The van der Waals surface area contributed by atoms with Gasteiger partial charge in [0.1, 0.15) is 17.6 Å². The number of carbonyl (C=O) groups excluding carboxylic acids is 1. The third-order valence-corrected chi connectivity index (χ3v) is 3.52. The molecule has 0 radical (unpaired) electrons. The molecular formula is C14H20N4O3. The van der Waals surface area contributed by atoms with E-state index in [1.807, 2.05) is 6.92 Å². The highest BCUT2D eigenvalue weighted by molar-refractivity contribution is 5.98. The predicted molar refractivity (Wildman–Crippen MR) is 79.4 cm³/mol. The predicted octanol–water partition coefficient (Wildman–Crippen LogP) is 2.29. The van der Waals surface area contributed by atoms with Gasteiger partial charge in [-0.15, -0.1) is 0 Å². The van der Waals surface area contributed by atoms with Gasteiger partial charge in [-0.25, -0.2) is 4.98 Å². The number of nitrogens with one attached hydrogen (secondary N) is 1. The number of hydrogen-bond acceptors (Lipinski definition) is 5. The van der Waals surface area contributed by atoms with E-state index in [0.717, 1.165) is 25.5 Å². The monoisotopic (exact) mass is 292 g/mol. The highest BCUT2D eigenvalue weighted by atomic mass is 16.6. The third-order valence-electron chi connectivity index (χ3n) is 3.52. The lowest BCUT2D eigenvalue weighted by Gasteiger charge is -2.22. The van der Waals surface area contributed by atoms with E-state index in [1.54, 1.807) is 11.9 Å². The van der Waals surface area contributed by atoms with Gasteiger partial charge in [-0.3, -0.25) is 14.9 Å². The highest BCUT2D eigenvalue weighted by Crippen LogP contribution is 2.31. The number of carbonyl (C=O) groups is 1. The van der Waals surface area contributed by atoms with Crippen LogP contribution in [0.25, 0.3) is 0 Å². The summed E-state index contributed by atoms with van der Waals surface area (Å²) in [6, 6.07) is 1.45. The molecule has 21 heavy (non-hydrogen) atoms. The van der Waals surface area contributed by atoms with E-state index in [2.05, 4.69) is 10.3 Å². The van der Waals surface area contributed by atoms with Gasteiger partial charge in [-0.2, -0.15) is 0 Å². The Morgan fingerprint density at radius 1 is 1.57 bits per heavy atom. The molecule has 1 fully saturated rings. The Hall–Kier alpha value is -2.18. The maximum atomic E-state index is 12.7. The van der Waals surface area contributed by atoms with Crippen LogP contribution in [0, 0.1) is 16.0 Å². The van der Waals surface area contributed by atoms with Crippen LogP contribution in [-0.4, -0.2) is 40.9 Å². The Morgan fingerprint density at radius 2 is 2.29 bits per heavy atom. The standard InChI is InChI=1S/C14H20N4O3/c1-3-6-17(9-10-4-5-10)14(19)11-7-13(15-2)16-8-12(11)18(20)21/h7-8,10H,3-6,9H2,1-2H3,(H,15,16). The van der Waals surface area contributed by atoms with Crippen LogP contribution in [0.3, 0.4) is 0 Å². The Balaban J connectivity index is 2.31. The lowest BCUT2D eigenvalue weighted by Crippen LogP contribution is -2.34. The van der Waals surface area contributed by atoms with Crippen LogP contribution in [0.1, 0.15) is 36.5 Å². The highest BCUT2D eigenvalue weighted by Gasteiger charge is 2.30. The van der Waals surface area contributed by atoms with Crippen molar-refractivity contribution in [3.8, 4) is 0 Å². The fraction of sp³-hybridized carbons (Fsp3) is 0.571. The molecule has 114 valence electrons. The van der Waals surface area contributed by atoms with Crippen LogP contribution in [-0.2, 0) is 0 Å². The van der Waals surface area contributed by atoms with E-state index >= 15 is 0 Å². The molecule has 0 aromatic carbocycles. The van der Waals surface area contributed by atoms with Crippen molar-refractivity contribution in [3.63, 3.8) is 0 Å².